The summed E-state index contributed by atoms with van der Waals surface area (Å²) in [5.74, 6) is 0.951. The van der Waals surface area contributed by atoms with E-state index in [9.17, 15) is 22.8 Å². The van der Waals surface area contributed by atoms with Crippen LogP contribution in [0, 0.1) is 40.9 Å². The maximum Gasteiger partial charge on any atom is 0.490 e. The molecule has 3 nitrogen and oxygen atoms in total. The Morgan fingerprint density at radius 1 is 1.21 bits per heavy atom. The van der Waals surface area contributed by atoms with E-state index in [2.05, 4.69) is 12.8 Å². The molecule has 0 aromatic heterocycles. The van der Waals surface area contributed by atoms with E-state index in [1.807, 2.05) is 13.0 Å². The van der Waals surface area contributed by atoms with Crippen LogP contribution in [0.25, 0.3) is 0 Å². The number of allylic oxidation sites excluding steroid dienone is 4. The SMILES string of the molecule is C#C[C@]1(OC(=O)C(F)(F)F)CC[C@H]2[C@@H]3CCC4=CC(=O)C=C[C@]4(C)[C@H]3CC[C@@]21C. The van der Waals surface area contributed by atoms with Gasteiger partial charge in [-0.3, -0.25) is 4.79 Å². The summed E-state index contributed by atoms with van der Waals surface area (Å²) in [6.07, 6.45) is 9.98. The summed E-state index contributed by atoms with van der Waals surface area (Å²) in [5, 5.41) is 0. The van der Waals surface area contributed by atoms with Crippen molar-refractivity contribution in [1.82, 2.24) is 0 Å². The summed E-state index contributed by atoms with van der Waals surface area (Å²) in [6.45, 7) is 4.06. The van der Waals surface area contributed by atoms with Crippen molar-refractivity contribution in [1.29, 1.82) is 0 Å². The Bertz CT molecular complexity index is 864. The molecule has 4 rings (SSSR count). The van der Waals surface area contributed by atoms with Crippen molar-refractivity contribution in [3.8, 4) is 12.3 Å². The first-order valence-electron chi connectivity index (χ1n) is 10.2. The molecule has 4 aliphatic rings. The molecule has 156 valence electrons. The Hall–Kier alpha value is -2.03. The Labute approximate surface area is 168 Å². The average molecular weight is 406 g/mol. The Kier molecular flexibility index (Phi) is 4.35. The quantitative estimate of drug-likeness (QED) is 0.465. The minimum Gasteiger partial charge on any atom is -0.439 e. The van der Waals surface area contributed by atoms with Gasteiger partial charge in [-0.25, -0.2) is 4.79 Å². The molecule has 3 saturated carbocycles. The molecule has 0 saturated heterocycles. The third-order valence-electron chi connectivity index (χ3n) is 8.41. The normalized spacial score (nSPS) is 43.5. The van der Waals surface area contributed by atoms with Crippen LogP contribution in [-0.4, -0.2) is 23.5 Å². The molecule has 0 heterocycles. The summed E-state index contributed by atoms with van der Waals surface area (Å²) < 4.78 is 43.8. The molecule has 0 amide bonds. The van der Waals surface area contributed by atoms with Gasteiger partial charge in [-0.05, 0) is 68.4 Å². The standard InChI is InChI=1S/C23H25F3O3/c1-4-22(29-19(28)23(24,25)26)12-9-18-16-6-5-14-13-15(27)7-10-20(14,2)17(16)8-11-21(18,22)3/h1,7,10,13,16-18H,5-6,8-9,11-12H2,2-3H3/t16-,17+,18+,20+,21+,22+/m1/s1. The van der Waals surface area contributed by atoms with Gasteiger partial charge in [0.15, 0.2) is 11.4 Å². The average Bonchev–Trinajstić information content (AvgIpc) is 2.94. The van der Waals surface area contributed by atoms with Crippen LogP contribution in [0.15, 0.2) is 23.8 Å². The lowest BCUT2D eigenvalue weighted by Gasteiger charge is -2.57. The van der Waals surface area contributed by atoms with Crippen LogP contribution in [0.1, 0.15) is 52.4 Å². The minimum atomic E-state index is -5.06. The highest BCUT2D eigenvalue weighted by atomic mass is 19.4. The first kappa shape index (κ1) is 20.3. The van der Waals surface area contributed by atoms with E-state index in [0.29, 0.717) is 18.8 Å². The molecule has 0 spiro atoms. The van der Waals surface area contributed by atoms with Gasteiger partial charge in [-0.2, -0.15) is 13.2 Å². The van der Waals surface area contributed by atoms with Crippen LogP contribution >= 0.6 is 0 Å². The van der Waals surface area contributed by atoms with E-state index in [-0.39, 0.29) is 29.5 Å². The first-order valence-corrected chi connectivity index (χ1v) is 10.2. The molecule has 4 aliphatic carbocycles. The van der Waals surface area contributed by atoms with Crippen LogP contribution in [0.2, 0.25) is 0 Å². The number of carbonyl (C=O) groups is 2. The second-order valence-corrected chi connectivity index (χ2v) is 9.46. The van der Waals surface area contributed by atoms with Crippen LogP contribution < -0.4 is 0 Å². The molecule has 6 atom stereocenters. The molecule has 0 radical (unpaired) electrons. The maximum atomic E-state index is 12.9. The third-order valence-corrected chi connectivity index (χ3v) is 8.41. The van der Waals surface area contributed by atoms with Gasteiger partial charge < -0.3 is 4.74 Å². The minimum absolute atomic E-state index is 0.0165. The number of esters is 1. The van der Waals surface area contributed by atoms with Gasteiger partial charge in [0.05, 0.1) is 0 Å². The van der Waals surface area contributed by atoms with Crippen molar-refractivity contribution >= 4 is 11.8 Å². The van der Waals surface area contributed by atoms with Crippen LogP contribution in [0.3, 0.4) is 0 Å². The third kappa shape index (κ3) is 2.73. The number of ketones is 1. The molecular formula is C23H25F3O3. The molecule has 0 N–H and O–H groups in total. The molecule has 0 aromatic carbocycles. The van der Waals surface area contributed by atoms with Gasteiger partial charge >= 0.3 is 12.1 Å². The van der Waals surface area contributed by atoms with E-state index < -0.39 is 23.2 Å². The molecule has 3 fully saturated rings. The largest absolute Gasteiger partial charge is 0.490 e. The lowest BCUT2D eigenvalue weighted by molar-refractivity contribution is -0.220. The van der Waals surface area contributed by atoms with E-state index in [1.165, 1.54) is 0 Å². The Morgan fingerprint density at radius 3 is 2.55 bits per heavy atom. The number of ether oxygens (including phenoxy) is 1. The van der Waals surface area contributed by atoms with Gasteiger partial charge in [-0.1, -0.05) is 31.4 Å². The van der Waals surface area contributed by atoms with Gasteiger partial charge in [0.25, 0.3) is 0 Å². The van der Waals surface area contributed by atoms with E-state index >= 15 is 0 Å². The monoisotopic (exact) mass is 406 g/mol. The summed E-state index contributed by atoms with van der Waals surface area (Å²) >= 11 is 0. The number of hydrogen-bond acceptors (Lipinski definition) is 3. The van der Waals surface area contributed by atoms with Gasteiger partial charge in [-0.15, -0.1) is 6.42 Å². The zero-order chi connectivity index (χ0) is 21.2. The van der Waals surface area contributed by atoms with E-state index in [0.717, 1.165) is 24.8 Å². The first-order chi connectivity index (χ1) is 13.5. The maximum absolute atomic E-state index is 12.9. The predicted octanol–water partition coefficient (Wildman–Crippen LogP) is 4.77. The second kappa shape index (κ2) is 6.23. The van der Waals surface area contributed by atoms with E-state index in [1.54, 1.807) is 12.2 Å². The van der Waals surface area contributed by atoms with Gasteiger partial charge in [0.2, 0.25) is 0 Å². The number of alkyl halides is 3. The lowest BCUT2D eigenvalue weighted by Crippen LogP contribution is -2.56. The molecule has 0 aromatic rings. The van der Waals surface area contributed by atoms with Crippen molar-refractivity contribution in [3.63, 3.8) is 0 Å². The zero-order valence-corrected chi connectivity index (χ0v) is 16.6. The van der Waals surface area contributed by atoms with Crippen molar-refractivity contribution in [3.05, 3.63) is 23.8 Å². The summed E-state index contributed by atoms with van der Waals surface area (Å²) in [7, 11) is 0. The highest BCUT2D eigenvalue weighted by Gasteiger charge is 2.66. The second-order valence-electron chi connectivity index (χ2n) is 9.46. The summed E-state index contributed by atoms with van der Waals surface area (Å²) in [4.78, 5) is 23.5. The predicted molar refractivity (Wildman–Crippen MR) is 100 cm³/mol. The number of carbonyl (C=O) groups excluding carboxylic acids is 2. The van der Waals surface area contributed by atoms with Crippen molar-refractivity contribution in [2.24, 2.45) is 28.6 Å². The number of hydrogen-bond donors (Lipinski definition) is 0. The lowest BCUT2D eigenvalue weighted by atomic mass is 9.47. The van der Waals surface area contributed by atoms with Crippen LogP contribution in [0.5, 0.6) is 0 Å². The Morgan fingerprint density at radius 2 is 1.90 bits per heavy atom. The highest BCUT2D eigenvalue weighted by Crippen LogP contribution is 2.67. The molecule has 0 bridgehead atoms. The van der Waals surface area contributed by atoms with Gasteiger partial charge in [0, 0.05) is 10.8 Å². The van der Waals surface area contributed by atoms with E-state index in [4.69, 9.17) is 11.2 Å². The molecule has 29 heavy (non-hydrogen) atoms. The number of terminal acetylenes is 1. The van der Waals surface area contributed by atoms with Crippen molar-refractivity contribution in [2.45, 2.75) is 64.1 Å². The number of fused-ring (bicyclic) bond motifs is 5. The fraction of sp³-hybridized carbons (Fsp3) is 0.652. The number of rotatable bonds is 1. The van der Waals surface area contributed by atoms with Crippen LogP contribution in [-0.2, 0) is 14.3 Å². The Balaban J connectivity index is 1.66. The highest BCUT2D eigenvalue weighted by molar-refractivity contribution is 6.01. The molecular weight excluding hydrogens is 381 g/mol. The fourth-order valence-electron chi connectivity index (χ4n) is 6.85. The van der Waals surface area contributed by atoms with Crippen molar-refractivity contribution < 1.29 is 27.5 Å². The molecule has 0 aliphatic heterocycles. The van der Waals surface area contributed by atoms with Crippen molar-refractivity contribution in [2.75, 3.05) is 0 Å². The smallest absolute Gasteiger partial charge is 0.439 e. The van der Waals surface area contributed by atoms with Crippen LogP contribution in [0.4, 0.5) is 13.2 Å². The molecule has 0 unspecified atom stereocenters. The summed E-state index contributed by atoms with van der Waals surface area (Å²) in [5.41, 5.74) is -1.26. The summed E-state index contributed by atoms with van der Waals surface area (Å²) in [6, 6.07) is 0. The zero-order valence-electron chi connectivity index (χ0n) is 16.6. The van der Waals surface area contributed by atoms with Gasteiger partial charge in [0.1, 0.15) is 0 Å². The fourth-order valence-corrected chi connectivity index (χ4v) is 6.85. The number of halogens is 3. The molecule has 6 heteroatoms. The topological polar surface area (TPSA) is 43.4 Å².